The van der Waals surface area contributed by atoms with Crippen LogP contribution in [0.3, 0.4) is 0 Å². The molecule has 5 N–H and O–H groups in total. The van der Waals surface area contributed by atoms with E-state index < -0.39 is 0 Å². The first-order chi connectivity index (χ1) is 23.4. The monoisotopic (exact) mass is 627 g/mol. The van der Waals surface area contributed by atoms with Gasteiger partial charge in [-0.3, -0.25) is 15.4 Å². The quantitative estimate of drug-likeness (QED) is 0.0870. The summed E-state index contributed by atoms with van der Waals surface area (Å²) in [6, 6.07) is 49.0. The molecule has 1 aromatic heterocycles. The Labute approximate surface area is 282 Å². The van der Waals surface area contributed by atoms with Crippen molar-refractivity contribution in [3.63, 3.8) is 0 Å². The Kier molecular flexibility index (Phi) is 12.1. The summed E-state index contributed by atoms with van der Waals surface area (Å²) < 4.78 is 2.02. The molecule has 0 fully saturated rings. The van der Waals surface area contributed by atoms with Gasteiger partial charge in [0.1, 0.15) is 11.7 Å². The van der Waals surface area contributed by atoms with Crippen molar-refractivity contribution in [2.45, 2.75) is 13.8 Å². The minimum atomic E-state index is 0.104. The third-order valence-electron chi connectivity index (χ3n) is 7.71. The van der Waals surface area contributed by atoms with Crippen LogP contribution >= 0.6 is 0 Å². The number of nitrogens with zero attached hydrogens (tertiary/aromatic N) is 1. The number of nitrogens with one attached hydrogen (secondary N) is 3. The van der Waals surface area contributed by atoms with Crippen LogP contribution in [0.1, 0.15) is 18.1 Å². The molecule has 0 spiro atoms. The molecule has 238 valence electrons. The van der Waals surface area contributed by atoms with E-state index in [-0.39, 0.29) is 5.84 Å². The molecule has 0 aliphatic carbocycles. The van der Waals surface area contributed by atoms with E-state index in [1.54, 1.807) is 6.08 Å². The van der Waals surface area contributed by atoms with E-state index in [2.05, 4.69) is 87.0 Å². The SMILES string of the molecule is C=C/C(C)=C\C(=N)n1c2ccccc2c2c3ccccc3ccc21.C=N.Cc1ccccc1.N=C(N)c1cccc(-c2ccccc2)c1. The van der Waals surface area contributed by atoms with Gasteiger partial charge >= 0.3 is 0 Å². The maximum atomic E-state index is 8.59. The number of rotatable bonds is 4. The molecule has 7 aromatic rings. The Bertz CT molecular complexity index is 2190. The Morgan fingerprint density at radius 3 is 1.85 bits per heavy atom. The van der Waals surface area contributed by atoms with Gasteiger partial charge in [-0.15, -0.1) is 0 Å². The summed E-state index contributed by atoms with van der Waals surface area (Å²) in [6.07, 6.45) is 3.63. The summed E-state index contributed by atoms with van der Waals surface area (Å²) in [7, 11) is 0. The fourth-order valence-electron chi connectivity index (χ4n) is 5.37. The zero-order chi connectivity index (χ0) is 34.5. The molecule has 0 aliphatic heterocycles. The molecule has 48 heavy (non-hydrogen) atoms. The number of nitrogen functional groups attached to an aromatic ring is 1. The van der Waals surface area contributed by atoms with Crippen molar-refractivity contribution in [2.24, 2.45) is 5.73 Å². The number of aryl methyl sites for hydroxylation is 1. The molecule has 1 heterocycles. The summed E-state index contributed by atoms with van der Waals surface area (Å²) in [5.41, 5.74) is 12.9. The minimum absolute atomic E-state index is 0.104. The molecule has 5 nitrogen and oxygen atoms in total. The van der Waals surface area contributed by atoms with Gasteiger partial charge in [-0.2, -0.15) is 0 Å². The fourth-order valence-corrected chi connectivity index (χ4v) is 5.37. The van der Waals surface area contributed by atoms with Crippen molar-refractivity contribution in [3.8, 4) is 11.1 Å². The van der Waals surface area contributed by atoms with Gasteiger partial charge in [0.05, 0.1) is 11.0 Å². The summed E-state index contributed by atoms with van der Waals surface area (Å²) in [4.78, 5) is 0. The van der Waals surface area contributed by atoms with E-state index >= 15 is 0 Å². The van der Waals surface area contributed by atoms with Crippen LogP contribution in [0.4, 0.5) is 0 Å². The van der Waals surface area contributed by atoms with Gasteiger partial charge in [-0.05, 0) is 72.3 Å². The van der Waals surface area contributed by atoms with Crippen LogP contribution in [0.25, 0.3) is 43.7 Å². The van der Waals surface area contributed by atoms with Crippen molar-refractivity contribution in [3.05, 3.63) is 181 Å². The zero-order valence-electron chi connectivity index (χ0n) is 27.4. The second-order valence-corrected chi connectivity index (χ2v) is 11.0. The van der Waals surface area contributed by atoms with Crippen LogP contribution < -0.4 is 5.73 Å². The van der Waals surface area contributed by atoms with Gasteiger partial charge in [0.15, 0.2) is 0 Å². The summed E-state index contributed by atoms with van der Waals surface area (Å²) in [5, 5.41) is 26.3. The number of fused-ring (bicyclic) bond motifs is 5. The smallest absolute Gasteiger partial charge is 0.130 e. The lowest BCUT2D eigenvalue weighted by Gasteiger charge is -2.07. The van der Waals surface area contributed by atoms with Gasteiger partial charge in [-0.1, -0.05) is 146 Å². The molecule has 0 saturated heterocycles. The maximum Gasteiger partial charge on any atom is 0.130 e. The summed E-state index contributed by atoms with van der Waals surface area (Å²) in [5.74, 6) is 0.557. The Balaban J connectivity index is 0.000000184. The average Bonchev–Trinajstić information content (AvgIpc) is 3.49. The molecule has 0 radical (unpaired) electrons. The van der Waals surface area contributed by atoms with E-state index in [1.807, 2.05) is 96.4 Å². The lowest BCUT2D eigenvalue weighted by molar-refractivity contribution is 1.23. The van der Waals surface area contributed by atoms with Gasteiger partial charge in [-0.25, -0.2) is 0 Å². The summed E-state index contributed by atoms with van der Waals surface area (Å²) in [6.45, 7) is 10.3. The zero-order valence-corrected chi connectivity index (χ0v) is 27.4. The van der Waals surface area contributed by atoms with E-state index in [9.17, 15) is 0 Å². The Morgan fingerprint density at radius 1 is 0.646 bits per heavy atom. The van der Waals surface area contributed by atoms with Crippen molar-refractivity contribution in [1.82, 2.24) is 4.57 Å². The van der Waals surface area contributed by atoms with Crippen LogP contribution in [-0.4, -0.2) is 23.0 Å². The molecule has 0 bridgehead atoms. The first-order valence-corrected chi connectivity index (χ1v) is 15.5. The third-order valence-corrected chi connectivity index (χ3v) is 7.71. The molecular weight excluding hydrogens is 587 g/mol. The van der Waals surface area contributed by atoms with E-state index in [4.69, 9.17) is 22.0 Å². The predicted octanol–water partition coefficient (Wildman–Crippen LogP) is 10.8. The number of allylic oxidation sites excluding steroid dienone is 3. The van der Waals surface area contributed by atoms with Gasteiger partial charge in [0, 0.05) is 16.3 Å². The van der Waals surface area contributed by atoms with Crippen molar-refractivity contribution >= 4 is 51.0 Å². The molecule has 0 saturated carbocycles. The lowest BCUT2D eigenvalue weighted by atomic mass is 10.0. The molecule has 0 unspecified atom stereocenters. The maximum absolute atomic E-state index is 8.59. The average molecular weight is 628 g/mol. The molecular formula is C43H41N5. The molecule has 0 atom stereocenters. The van der Waals surface area contributed by atoms with Crippen LogP contribution in [-0.2, 0) is 0 Å². The highest BCUT2D eigenvalue weighted by Gasteiger charge is 2.14. The second-order valence-electron chi connectivity index (χ2n) is 11.0. The first kappa shape index (κ1) is 34.5. The molecule has 7 rings (SSSR count). The van der Waals surface area contributed by atoms with E-state index in [0.717, 1.165) is 33.3 Å². The number of hydrogen-bond acceptors (Lipinski definition) is 3. The number of para-hydroxylation sites is 1. The predicted molar refractivity (Wildman–Crippen MR) is 208 cm³/mol. The third kappa shape index (κ3) is 8.27. The van der Waals surface area contributed by atoms with Crippen molar-refractivity contribution in [2.75, 3.05) is 0 Å². The second kappa shape index (κ2) is 16.8. The van der Waals surface area contributed by atoms with Gasteiger partial charge in [0.25, 0.3) is 0 Å². The Morgan fingerprint density at radius 2 is 1.23 bits per heavy atom. The lowest BCUT2D eigenvalue weighted by Crippen LogP contribution is -2.10. The largest absolute Gasteiger partial charge is 0.384 e. The standard InChI is InChI=1S/C22H18N2.C13H12N2.C7H8.CH3N/c1-3-15(2)14-21(23)24-19-11-7-6-10-18(19)22-17-9-5-4-8-16(17)12-13-20(22)24;14-13(15)12-8-4-7-11(9-12)10-5-2-1-3-6-10;1-7-5-3-2-4-6-7;1-2/h3-14,23H,1H2,2H3;1-9H,(H3,14,15);2-6H,1H3;2H,1H2/b15-14-,23-21?;;;. The molecule has 0 aliphatic rings. The van der Waals surface area contributed by atoms with Crippen LogP contribution in [0.15, 0.2) is 170 Å². The van der Waals surface area contributed by atoms with Crippen molar-refractivity contribution in [1.29, 1.82) is 16.2 Å². The first-order valence-electron chi connectivity index (χ1n) is 15.5. The molecule has 6 aromatic carbocycles. The number of benzene rings is 6. The van der Waals surface area contributed by atoms with Crippen LogP contribution in [0.2, 0.25) is 0 Å². The fraction of sp³-hybridized carbons (Fsp3) is 0.0465. The van der Waals surface area contributed by atoms with Crippen LogP contribution in [0, 0.1) is 23.2 Å². The van der Waals surface area contributed by atoms with Crippen LogP contribution in [0.5, 0.6) is 0 Å². The van der Waals surface area contributed by atoms with Gasteiger partial charge < -0.3 is 11.1 Å². The summed E-state index contributed by atoms with van der Waals surface area (Å²) >= 11 is 0. The highest BCUT2D eigenvalue weighted by atomic mass is 15.0. The number of amidine groups is 1. The molecule has 0 amide bonds. The van der Waals surface area contributed by atoms with E-state index in [1.165, 1.54) is 27.1 Å². The van der Waals surface area contributed by atoms with Crippen molar-refractivity contribution < 1.29 is 0 Å². The highest BCUT2D eigenvalue weighted by molar-refractivity contribution is 6.24. The van der Waals surface area contributed by atoms with E-state index in [0.29, 0.717) is 5.84 Å². The number of hydrogen-bond donors (Lipinski definition) is 4. The number of aromatic nitrogens is 1. The topological polar surface area (TPSA) is 102 Å². The highest BCUT2D eigenvalue weighted by Crippen LogP contribution is 2.34. The number of nitrogens with two attached hydrogens (primary N) is 1. The minimum Gasteiger partial charge on any atom is -0.384 e. The molecule has 5 heteroatoms. The Hall–Kier alpha value is -6.33. The van der Waals surface area contributed by atoms with Gasteiger partial charge in [0.2, 0.25) is 0 Å². The normalized spacial score (nSPS) is 10.5.